The van der Waals surface area contributed by atoms with Crippen LogP contribution in [0.25, 0.3) is 5.69 Å². The first-order valence-electron chi connectivity index (χ1n) is 6.95. The Kier molecular flexibility index (Phi) is 5.12. The number of benzene rings is 2. The molecule has 8 heteroatoms. The van der Waals surface area contributed by atoms with E-state index in [9.17, 15) is 4.79 Å². The van der Waals surface area contributed by atoms with Gasteiger partial charge in [0.25, 0.3) is 5.91 Å². The number of para-hydroxylation sites is 1. The summed E-state index contributed by atoms with van der Waals surface area (Å²) in [6.07, 6.45) is 2.95. The number of carbonyl (C=O) groups is 1. The first-order chi connectivity index (χ1) is 11.6. The number of amides is 1. The molecule has 0 fully saturated rings. The summed E-state index contributed by atoms with van der Waals surface area (Å²) in [6, 6.07) is 12.4. The van der Waals surface area contributed by atoms with Crippen molar-refractivity contribution in [2.24, 2.45) is 0 Å². The number of hydrogen-bond acceptors (Lipinski definition) is 4. The van der Waals surface area contributed by atoms with Gasteiger partial charge in [-0.2, -0.15) is 5.10 Å². The number of anilines is 1. The topological polar surface area (TPSA) is 69.0 Å². The molecule has 2 aromatic carbocycles. The van der Waals surface area contributed by atoms with Crippen molar-refractivity contribution < 1.29 is 9.53 Å². The van der Waals surface area contributed by atoms with Gasteiger partial charge in [-0.1, -0.05) is 23.7 Å². The van der Waals surface area contributed by atoms with E-state index in [0.29, 0.717) is 22.1 Å². The van der Waals surface area contributed by atoms with E-state index in [-0.39, 0.29) is 12.5 Å². The van der Waals surface area contributed by atoms with Crippen LogP contribution in [0.1, 0.15) is 0 Å². The molecule has 0 aliphatic rings. The molecule has 0 spiro atoms. The smallest absolute Gasteiger partial charge is 0.262 e. The molecule has 0 bridgehead atoms. The highest BCUT2D eigenvalue weighted by Crippen LogP contribution is 2.25. The minimum Gasteiger partial charge on any atom is -0.483 e. The second-order valence-corrected chi connectivity index (χ2v) is 6.06. The molecular weight excluding hydrogens is 396 g/mol. The van der Waals surface area contributed by atoms with Crippen molar-refractivity contribution in [1.29, 1.82) is 0 Å². The predicted molar refractivity (Wildman–Crippen MR) is 94.6 cm³/mol. The summed E-state index contributed by atoms with van der Waals surface area (Å²) < 4.78 is 7.83. The molecule has 0 atom stereocenters. The van der Waals surface area contributed by atoms with Gasteiger partial charge in [0.05, 0.1) is 15.8 Å². The standard InChI is InChI=1S/C16H12BrClN4O2/c17-12-3-1-2-4-15(12)24-8-16(23)21-13-7-11(18)5-6-14(13)22-10-19-9-20-22/h1-7,9-10H,8H2,(H,21,23). The maximum Gasteiger partial charge on any atom is 0.262 e. The molecule has 3 aromatic rings. The van der Waals surface area contributed by atoms with Crippen molar-refractivity contribution in [3.8, 4) is 11.4 Å². The Bertz CT molecular complexity index is 855. The fraction of sp³-hybridized carbons (Fsp3) is 0.0625. The zero-order chi connectivity index (χ0) is 16.9. The number of carbonyl (C=O) groups excluding carboxylic acids is 1. The molecule has 0 radical (unpaired) electrons. The summed E-state index contributed by atoms with van der Waals surface area (Å²) >= 11 is 9.39. The van der Waals surface area contributed by atoms with Crippen molar-refractivity contribution in [3.63, 3.8) is 0 Å². The zero-order valence-corrected chi connectivity index (χ0v) is 14.7. The van der Waals surface area contributed by atoms with Crippen LogP contribution >= 0.6 is 27.5 Å². The average Bonchev–Trinajstić information content (AvgIpc) is 3.08. The molecule has 0 unspecified atom stereocenters. The maximum atomic E-state index is 12.2. The van der Waals surface area contributed by atoms with Gasteiger partial charge < -0.3 is 10.1 Å². The molecule has 1 aromatic heterocycles. The number of nitrogens with one attached hydrogen (secondary N) is 1. The van der Waals surface area contributed by atoms with Crippen molar-refractivity contribution in [3.05, 3.63) is 64.6 Å². The molecule has 6 nitrogen and oxygen atoms in total. The van der Waals surface area contributed by atoms with Crippen LogP contribution < -0.4 is 10.1 Å². The highest BCUT2D eigenvalue weighted by atomic mass is 79.9. The SMILES string of the molecule is O=C(COc1ccccc1Br)Nc1cc(Cl)ccc1-n1cncn1. The van der Waals surface area contributed by atoms with Crippen molar-refractivity contribution >= 4 is 39.1 Å². The second kappa shape index (κ2) is 7.46. The third kappa shape index (κ3) is 3.93. The van der Waals surface area contributed by atoms with Gasteiger partial charge in [0.15, 0.2) is 6.61 Å². The number of halogens is 2. The lowest BCUT2D eigenvalue weighted by atomic mass is 10.2. The van der Waals surface area contributed by atoms with Crippen LogP contribution in [0.15, 0.2) is 59.6 Å². The minimum absolute atomic E-state index is 0.133. The summed E-state index contributed by atoms with van der Waals surface area (Å²) in [5.41, 5.74) is 1.18. The van der Waals surface area contributed by atoms with E-state index in [1.807, 2.05) is 18.2 Å². The fourth-order valence-electron chi connectivity index (χ4n) is 2.03. The average molecular weight is 408 g/mol. The first kappa shape index (κ1) is 16.5. The minimum atomic E-state index is -0.311. The van der Waals surface area contributed by atoms with Gasteiger partial charge in [0.2, 0.25) is 0 Å². The Morgan fingerprint density at radius 2 is 2.12 bits per heavy atom. The first-order valence-corrected chi connectivity index (χ1v) is 8.12. The molecule has 0 aliphatic carbocycles. The normalized spacial score (nSPS) is 10.4. The Labute approximate surface area is 151 Å². The molecule has 0 saturated carbocycles. The molecular formula is C16H12BrClN4O2. The number of hydrogen-bond donors (Lipinski definition) is 1. The largest absolute Gasteiger partial charge is 0.483 e. The molecule has 1 amide bonds. The van der Waals surface area contributed by atoms with E-state index in [1.165, 1.54) is 12.7 Å². The van der Waals surface area contributed by atoms with E-state index < -0.39 is 0 Å². The van der Waals surface area contributed by atoms with Gasteiger partial charge in [0, 0.05) is 5.02 Å². The lowest BCUT2D eigenvalue weighted by Gasteiger charge is -2.12. The van der Waals surface area contributed by atoms with Gasteiger partial charge in [-0.05, 0) is 46.3 Å². The summed E-state index contributed by atoms with van der Waals surface area (Å²) in [5.74, 6) is 0.282. The lowest BCUT2D eigenvalue weighted by Crippen LogP contribution is -2.21. The molecule has 1 heterocycles. The highest BCUT2D eigenvalue weighted by molar-refractivity contribution is 9.10. The van der Waals surface area contributed by atoms with Crippen LogP contribution in [0.3, 0.4) is 0 Å². The number of rotatable bonds is 5. The third-order valence-corrected chi connectivity index (χ3v) is 3.98. The second-order valence-electron chi connectivity index (χ2n) is 4.77. The van der Waals surface area contributed by atoms with Gasteiger partial charge in [-0.25, -0.2) is 9.67 Å². The summed E-state index contributed by atoms with van der Waals surface area (Å²) in [6.45, 7) is -0.133. The van der Waals surface area contributed by atoms with Crippen LogP contribution in [-0.4, -0.2) is 27.3 Å². The van der Waals surface area contributed by atoms with Gasteiger partial charge in [-0.15, -0.1) is 0 Å². The van der Waals surface area contributed by atoms with Gasteiger partial charge in [0.1, 0.15) is 18.4 Å². The monoisotopic (exact) mass is 406 g/mol. The number of aromatic nitrogens is 3. The highest BCUT2D eigenvalue weighted by Gasteiger charge is 2.11. The molecule has 0 saturated heterocycles. The van der Waals surface area contributed by atoms with Crippen LogP contribution in [-0.2, 0) is 4.79 Å². The summed E-state index contributed by atoms with van der Waals surface area (Å²) in [7, 11) is 0. The zero-order valence-electron chi connectivity index (χ0n) is 12.3. The van der Waals surface area contributed by atoms with Crippen LogP contribution in [0.2, 0.25) is 5.02 Å². The summed E-state index contributed by atoms with van der Waals surface area (Å²) in [5, 5.41) is 7.34. The Balaban J connectivity index is 1.72. The Morgan fingerprint density at radius 3 is 2.88 bits per heavy atom. The molecule has 1 N–H and O–H groups in total. The van der Waals surface area contributed by atoms with E-state index in [4.69, 9.17) is 16.3 Å². The van der Waals surface area contributed by atoms with Crippen molar-refractivity contribution in [2.45, 2.75) is 0 Å². The van der Waals surface area contributed by atoms with Gasteiger partial charge >= 0.3 is 0 Å². The van der Waals surface area contributed by atoms with Crippen LogP contribution in [0.4, 0.5) is 5.69 Å². The number of ether oxygens (including phenoxy) is 1. The van der Waals surface area contributed by atoms with Crippen molar-refractivity contribution in [1.82, 2.24) is 14.8 Å². The quantitative estimate of drug-likeness (QED) is 0.700. The molecule has 24 heavy (non-hydrogen) atoms. The Hall–Kier alpha value is -2.38. The van der Waals surface area contributed by atoms with Crippen molar-refractivity contribution in [2.75, 3.05) is 11.9 Å². The fourth-order valence-corrected chi connectivity index (χ4v) is 2.60. The predicted octanol–water partition coefficient (Wildman–Crippen LogP) is 3.70. The lowest BCUT2D eigenvalue weighted by molar-refractivity contribution is -0.118. The Morgan fingerprint density at radius 1 is 1.29 bits per heavy atom. The molecule has 122 valence electrons. The van der Waals surface area contributed by atoms with E-state index in [2.05, 4.69) is 31.3 Å². The van der Waals surface area contributed by atoms with E-state index in [1.54, 1.807) is 28.9 Å². The van der Waals surface area contributed by atoms with Gasteiger partial charge in [-0.3, -0.25) is 4.79 Å². The van der Waals surface area contributed by atoms with E-state index in [0.717, 1.165) is 4.47 Å². The number of nitrogens with zero attached hydrogens (tertiary/aromatic N) is 3. The maximum absolute atomic E-state index is 12.2. The van der Waals surface area contributed by atoms with E-state index >= 15 is 0 Å². The molecule has 3 rings (SSSR count). The molecule has 0 aliphatic heterocycles. The summed E-state index contributed by atoms with van der Waals surface area (Å²) in [4.78, 5) is 16.1. The van der Waals surface area contributed by atoms with Crippen LogP contribution in [0, 0.1) is 0 Å². The third-order valence-electron chi connectivity index (χ3n) is 3.09. The van der Waals surface area contributed by atoms with Crippen LogP contribution in [0.5, 0.6) is 5.75 Å².